The van der Waals surface area contributed by atoms with Gasteiger partial charge >= 0.3 is 6.61 Å². The first kappa shape index (κ1) is 16.3. The molecule has 3 rings (SSSR count). The van der Waals surface area contributed by atoms with E-state index in [2.05, 4.69) is 10.1 Å². The summed E-state index contributed by atoms with van der Waals surface area (Å²) in [6, 6.07) is 8.82. The first-order valence-corrected chi connectivity index (χ1v) is 7.36. The van der Waals surface area contributed by atoms with Crippen molar-refractivity contribution in [1.29, 1.82) is 0 Å². The van der Waals surface area contributed by atoms with E-state index >= 15 is 0 Å². The molecule has 1 aliphatic rings. The maximum absolute atomic E-state index is 12.3. The first-order valence-electron chi connectivity index (χ1n) is 6.98. The summed E-state index contributed by atoms with van der Waals surface area (Å²) in [4.78, 5) is 12.3. The highest BCUT2D eigenvalue weighted by molar-refractivity contribution is 6.32. The van der Waals surface area contributed by atoms with Crippen LogP contribution in [0.4, 0.5) is 14.5 Å². The van der Waals surface area contributed by atoms with E-state index in [1.54, 1.807) is 18.2 Å². The molecular formula is C16H12ClF2NO4. The van der Waals surface area contributed by atoms with Crippen molar-refractivity contribution >= 4 is 23.2 Å². The molecule has 0 saturated heterocycles. The Morgan fingerprint density at radius 1 is 1.12 bits per heavy atom. The number of carbonyl (C=O) groups excluding carboxylic acids is 1. The highest BCUT2D eigenvalue weighted by atomic mass is 35.5. The summed E-state index contributed by atoms with van der Waals surface area (Å²) in [6.07, 6.45) is 0. The number of carbonyl (C=O) groups is 1. The molecule has 126 valence electrons. The monoisotopic (exact) mass is 355 g/mol. The number of anilines is 1. The quantitative estimate of drug-likeness (QED) is 0.901. The molecule has 0 spiro atoms. The summed E-state index contributed by atoms with van der Waals surface area (Å²) < 4.78 is 39.4. The van der Waals surface area contributed by atoms with E-state index in [4.69, 9.17) is 21.1 Å². The molecule has 0 aliphatic carbocycles. The summed E-state index contributed by atoms with van der Waals surface area (Å²) in [6.45, 7) is -2.09. The SMILES string of the molecule is O=C(Nc1ccc(OC(F)F)c(Cl)c1)c1ccc2c(c1)OCCO2. The third kappa shape index (κ3) is 3.68. The lowest BCUT2D eigenvalue weighted by atomic mass is 10.1. The number of rotatable bonds is 4. The zero-order chi connectivity index (χ0) is 17.1. The van der Waals surface area contributed by atoms with Gasteiger partial charge in [-0.2, -0.15) is 8.78 Å². The van der Waals surface area contributed by atoms with Gasteiger partial charge in [0.25, 0.3) is 5.91 Å². The summed E-state index contributed by atoms with van der Waals surface area (Å²) in [5, 5.41) is 2.59. The van der Waals surface area contributed by atoms with Crippen molar-refractivity contribution in [3.8, 4) is 17.2 Å². The predicted octanol–water partition coefficient (Wildman–Crippen LogP) is 3.96. The third-order valence-corrected chi connectivity index (χ3v) is 3.51. The molecule has 1 heterocycles. The lowest BCUT2D eigenvalue weighted by Crippen LogP contribution is -2.17. The molecule has 1 N–H and O–H groups in total. The van der Waals surface area contributed by atoms with Crippen LogP contribution in [0.15, 0.2) is 36.4 Å². The number of amides is 1. The molecule has 2 aromatic carbocycles. The summed E-state index contributed by atoms with van der Waals surface area (Å²) >= 11 is 5.85. The summed E-state index contributed by atoms with van der Waals surface area (Å²) in [5.74, 6) is 0.511. The maximum Gasteiger partial charge on any atom is 0.387 e. The van der Waals surface area contributed by atoms with Gasteiger partial charge in [0.05, 0.1) is 5.02 Å². The van der Waals surface area contributed by atoms with Gasteiger partial charge in [0.15, 0.2) is 11.5 Å². The van der Waals surface area contributed by atoms with Gasteiger partial charge in [0, 0.05) is 11.3 Å². The van der Waals surface area contributed by atoms with Gasteiger partial charge in [-0.1, -0.05) is 11.6 Å². The second kappa shape index (κ2) is 6.92. The molecule has 5 nitrogen and oxygen atoms in total. The molecule has 1 amide bonds. The fourth-order valence-electron chi connectivity index (χ4n) is 2.16. The normalized spacial score (nSPS) is 12.8. The van der Waals surface area contributed by atoms with E-state index in [1.165, 1.54) is 18.2 Å². The number of hydrogen-bond acceptors (Lipinski definition) is 4. The van der Waals surface area contributed by atoms with Gasteiger partial charge in [0.1, 0.15) is 19.0 Å². The van der Waals surface area contributed by atoms with Crippen LogP contribution in [0, 0.1) is 0 Å². The highest BCUT2D eigenvalue weighted by Crippen LogP contribution is 2.32. The molecule has 0 radical (unpaired) electrons. The Balaban J connectivity index is 1.74. The first-order chi connectivity index (χ1) is 11.5. The van der Waals surface area contributed by atoms with Gasteiger partial charge in [-0.25, -0.2) is 0 Å². The van der Waals surface area contributed by atoms with Crippen molar-refractivity contribution in [3.05, 3.63) is 47.0 Å². The van der Waals surface area contributed by atoms with E-state index in [0.717, 1.165) is 0 Å². The number of nitrogens with one attached hydrogen (secondary N) is 1. The lowest BCUT2D eigenvalue weighted by Gasteiger charge is -2.18. The molecule has 0 atom stereocenters. The van der Waals surface area contributed by atoms with Crippen LogP contribution >= 0.6 is 11.6 Å². The van der Waals surface area contributed by atoms with Gasteiger partial charge in [-0.05, 0) is 36.4 Å². The second-order valence-corrected chi connectivity index (χ2v) is 5.24. The van der Waals surface area contributed by atoms with Crippen molar-refractivity contribution in [1.82, 2.24) is 0 Å². The zero-order valence-electron chi connectivity index (χ0n) is 12.2. The van der Waals surface area contributed by atoms with E-state index in [1.807, 2.05) is 0 Å². The number of halogens is 3. The van der Waals surface area contributed by atoms with Crippen LogP contribution in [0.1, 0.15) is 10.4 Å². The van der Waals surface area contributed by atoms with E-state index in [-0.39, 0.29) is 10.8 Å². The average molecular weight is 356 g/mol. The largest absolute Gasteiger partial charge is 0.486 e. The Bertz CT molecular complexity index is 770. The van der Waals surface area contributed by atoms with Crippen LogP contribution in [-0.4, -0.2) is 25.7 Å². The van der Waals surface area contributed by atoms with Gasteiger partial charge in [0.2, 0.25) is 0 Å². The molecule has 0 unspecified atom stereocenters. The van der Waals surface area contributed by atoms with Gasteiger partial charge in [-0.15, -0.1) is 0 Å². The standard InChI is InChI=1S/C16H12ClF2NO4/c17-11-8-10(2-4-12(11)24-16(18)19)20-15(21)9-1-3-13-14(7-9)23-6-5-22-13/h1-4,7-8,16H,5-6H2,(H,20,21). The van der Waals surface area contributed by atoms with Crippen LogP contribution in [0.3, 0.4) is 0 Å². The van der Waals surface area contributed by atoms with Crippen LogP contribution in [0.5, 0.6) is 17.2 Å². The second-order valence-electron chi connectivity index (χ2n) is 4.84. The molecule has 24 heavy (non-hydrogen) atoms. The van der Waals surface area contributed by atoms with Gasteiger partial charge in [-0.3, -0.25) is 4.79 Å². The molecule has 0 aromatic heterocycles. The van der Waals surface area contributed by atoms with Crippen molar-refractivity contribution < 1.29 is 27.8 Å². The number of ether oxygens (including phenoxy) is 3. The molecule has 0 bridgehead atoms. The number of benzene rings is 2. The number of alkyl halides is 2. The fourth-order valence-corrected chi connectivity index (χ4v) is 2.38. The van der Waals surface area contributed by atoms with Crippen molar-refractivity contribution in [2.45, 2.75) is 6.61 Å². The average Bonchev–Trinajstić information content (AvgIpc) is 2.56. The zero-order valence-corrected chi connectivity index (χ0v) is 13.0. The van der Waals surface area contributed by atoms with E-state index in [9.17, 15) is 13.6 Å². The predicted molar refractivity (Wildman–Crippen MR) is 83.5 cm³/mol. The Kier molecular flexibility index (Phi) is 4.71. The smallest absolute Gasteiger partial charge is 0.387 e. The molecule has 0 fully saturated rings. The number of fused-ring (bicyclic) bond motifs is 1. The van der Waals surface area contributed by atoms with Crippen LogP contribution in [-0.2, 0) is 0 Å². The van der Waals surface area contributed by atoms with Crippen LogP contribution < -0.4 is 19.5 Å². The third-order valence-electron chi connectivity index (χ3n) is 3.21. The van der Waals surface area contributed by atoms with Crippen LogP contribution in [0.25, 0.3) is 0 Å². The van der Waals surface area contributed by atoms with Crippen molar-refractivity contribution in [3.63, 3.8) is 0 Å². The Hall–Kier alpha value is -2.54. The lowest BCUT2D eigenvalue weighted by molar-refractivity contribution is -0.0497. The molecule has 1 aliphatic heterocycles. The molecule has 8 heteroatoms. The maximum atomic E-state index is 12.3. The minimum Gasteiger partial charge on any atom is -0.486 e. The summed E-state index contributed by atoms with van der Waals surface area (Å²) in [7, 11) is 0. The minimum absolute atomic E-state index is 0.0322. The van der Waals surface area contributed by atoms with Crippen molar-refractivity contribution in [2.75, 3.05) is 18.5 Å². The Morgan fingerprint density at radius 3 is 2.58 bits per heavy atom. The minimum atomic E-state index is -2.97. The Morgan fingerprint density at radius 2 is 1.88 bits per heavy atom. The molecule has 2 aromatic rings. The van der Waals surface area contributed by atoms with E-state index < -0.39 is 12.5 Å². The molecule has 0 saturated carbocycles. The topological polar surface area (TPSA) is 56.8 Å². The highest BCUT2D eigenvalue weighted by Gasteiger charge is 2.16. The summed E-state index contributed by atoms with van der Waals surface area (Å²) in [5.41, 5.74) is 0.713. The van der Waals surface area contributed by atoms with Crippen LogP contribution in [0.2, 0.25) is 5.02 Å². The van der Waals surface area contributed by atoms with Gasteiger partial charge < -0.3 is 19.5 Å². The van der Waals surface area contributed by atoms with Crippen molar-refractivity contribution in [2.24, 2.45) is 0 Å². The fraction of sp³-hybridized carbons (Fsp3) is 0.188. The van der Waals surface area contributed by atoms with E-state index in [0.29, 0.717) is 36.0 Å². The number of hydrogen-bond donors (Lipinski definition) is 1. The Labute approximate surface area is 141 Å². The molecular weight excluding hydrogens is 344 g/mol.